The molecule has 160 valence electrons. The first kappa shape index (κ1) is 20.9. The van der Waals surface area contributed by atoms with Crippen LogP contribution in [0.3, 0.4) is 0 Å². The monoisotopic (exact) mass is 411 g/mol. The van der Waals surface area contributed by atoms with Gasteiger partial charge in [-0.25, -0.2) is 4.79 Å². The highest BCUT2D eigenvalue weighted by molar-refractivity contribution is 5.83. The Kier molecular flexibility index (Phi) is 5.16. The average molecular weight is 411 g/mol. The number of fused-ring (bicyclic) bond motifs is 5. The van der Waals surface area contributed by atoms with Gasteiger partial charge in [0, 0.05) is 5.41 Å². The molecule has 2 saturated carbocycles. The van der Waals surface area contributed by atoms with Crippen LogP contribution in [0.15, 0.2) is 18.2 Å². The maximum absolute atomic E-state index is 12.0. The lowest BCUT2D eigenvalue weighted by Gasteiger charge is -2.52. The van der Waals surface area contributed by atoms with Crippen LogP contribution in [-0.2, 0) is 16.0 Å². The van der Waals surface area contributed by atoms with E-state index in [1.165, 1.54) is 11.1 Å². The van der Waals surface area contributed by atoms with Gasteiger partial charge in [-0.1, -0.05) is 18.9 Å². The van der Waals surface area contributed by atoms with Gasteiger partial charge < -0.3 is 20.7 Å². The molecule has 6 nitrogen and oxygen atoms in total. The number of carboxylic acid groups (broad SMARTS) is 1. The van der Waals surface area contributed by atoms with Gasteiger partial charge in [0.25, 0.3) is 0 Å². The molecule has 4 rings (SSSR count). The molecule has 0 aliphatic heterocycles. The van der Waals surface area contributed by atoms with Crippen molar-refractivity contribution in [1.29, 1.82) is 0 Å². The molecule has 0 bridgehead atoms. The lowest BCUT2D eigenvalue weighted by Crippen LogP contribution is -2.50. The Morgan fingerprint density at radius 1 is 1.33 bits per heavy atom. The number of aryl methyl sites for hydroxylation is 1. The predicted molar refractivity (Wildman–Crippen MR) is 111 cm³/mol. The van der Waals surface area contributed by atoms with E-state index in [4.69, 9.17) is 22.0 Å². The summed E-state index contributed by atoms with van der Waals surface area (Å²) < 4.78 is 5.32. The van der Waals surface area contributed by atoms with E-state index in [0.29, 0.717) is 29.9 Å². The van der Waals surface area contributed by atoms with Crippen molar-refractivity contribution in [3.63, 3.8) is 0 Å². The molecular weight excluding hydrogens is 382 g/mol. The number of terminal acetylenes is 1. The van der Waals surface area contributed by atoms with E-state index < -0.39 is 30.0 Å². The number of hydrogen-bond donors (Lipinski definition) is 3. The molecule has 3 aliphatic rings. The minimum atomic E-state index is -1.18. The van der Waals surface area contributed by atoms with E-state index in [1.54, 1.807) is 6.07 Å². The number of benzene rings is 1. The maximum Gasteiger partial charge on any atom is 0.328 e. The van der Waals surface area contributed by atoms with Gasteiger partial charge in [-0.05, 0) is 79.5 Å². The highest BCUT2D eigenvalue weighted by atomic mass is 16.5. The molecule has 30 heavy (non-hydrogen) atoms. The van der Waals surface area contributed by atoms with Gasteiger partial charge in [0.2, 0.25) is 0 Å². The SMILES string of the molecule is C#C[C@]1(O)CC[C@H]2[C@@H]3CCc4cc(OC(=O)[C@@H](N)CC(=O)O)ccc4[C@H]3CC[C@@]21C. The molecule has 6 atom stereocenters. The number of nitrogens with two attached hydrogens (primary N) is 1. The Morgan fingerprint density at radius 2 is 2.10 bits per heavy atom. The predicted octanol–water partition coefficient (Wildman–Crippen LogP) is 2.61. The molecular formula is C24H29NO5. The van der Waals surface area contributed by atoms with Crippen LogP contribution in [-0.4, -0.2) is 33.8 Å². The third kappa shape index (κ3) is 3.21. The van der Waals surface area contributed by atoms with Crippen molar-refractivity contribution in [3.05, 3.63) is 29.3 Å². The summed E-state index contributed by atoms with van der Waals surface area (Å²) in [5.41, 5.74) is 6.83. The second kappa shape index (κ2) is 7.40. The Bertz CT molecular complexity index is 921. The Balaban J connectivity index is 1.52. The molecule has 1 aromatic rings. The van der Waals surface area contributed by atoms with Crippen molar-refractivity contribution in [2.75, 3.05) is 0 Å². The summed E-state index contributed by atoms with van der Waals surface area (Å²) in [6.45, 7) is 2.17. The third-order valence-electron chi connectivity index (χ3n) is 8.00. The van der Waals surface area contributed by atoms with Crippen LogP contribution >= 0.6 is 0 Å². The van der Waals surface area contributed by atoms with Gasteiger partial charge in [0.15, 0.2) is 0 Å². The van der Waals surface area contributed by atoms with Gasteiger partial charge in [-0.3, -0.25) is 4.79 Å². The zero-order valence-corrected chi connectivity index (χ0v) is 17.3. The molecule has 0 heterocycles. The number of hydrogen-bond acceptors (Lipinski definition) is 5. The van der Waals surface area contributed by atoms with E-state index in [2.05, 4.69) is 12.8 Å². The summed E-state index contributed by atoms with van der Waals surface area (Å²) in [5.74, 6) is 2.57. The fraction of sp³-hybridized carbons (Fsp3) is 0.583. The number of carbonyl (C=O) groups is 2. The molecule has 0 radical (unpaired) electrons. The van der Waals surface area contributed by atoms with Gasteiger partial charge in [0.1, 0.15) is 17.4 Å². The number of esters is 1. The molecule has 0 spiro atoms. The lowest BCUT2D eigenvalue weighted by molar-refractivity contribution is -0.143. The molecule has 3 aliphatic carbocycles. The maximum atomic E-state index is 12.0. The van der Waals surface area contributed by atoms with Crippen LogP contribution in [0.25, 0.3) is 0 Å². The number of aliphatic carboxylic acids is 1. The molecule has 4 N–H and O–H groups in total. The summed E-state index contributed by atoms with van der Waals surface area (Å²) in [6.07, 6.45) is 10.7. The van der Waals surface area contributed by atoms with E-state index >= 15 is 0 Å². The van der Waals surface area contributed by atoms with Crippen molar-refractivity contribution >= 4 is 11.9 Å². The zero-order valence-electron chi connectivity index (χ0n) is 17.3. The summed E-state index contributed by atoms with van der Waals surface area (Å²) in [6, 6.07) is 4.50. The standard InChI is InChI=1S/C24H29NO5/c1-3-24(29)11-9-19-18-6-4-14-12-15(30-22(28)20(25)13-21(26)27)5-7-16(14)17(18)8-10-23(19,24)2/h1,5,7,12,17-20,29H,4,6,8-11,13,25H2,2H3,(H,26,27)/t17-,18-,19+,20+,23+,24+/m1/s1. The minimum absolute atomic E-state index is 0.226. The Hall–Kier alpha value is -2.36. The normalized spacial score (nSPS) is 35.3. The second-order valence-corrected chi connectivity index (χ2v) is 9.40. The van der Waals surface area contributed by atoms with Crippen LogP contribution in [0, 0.1) is 29.6 Å². The highest BCUT2D eigenvalue weighted by Gasteiger charge is 2.61. The number of aliphatic hydroxyl groups is 1. The van der Waals surface area contributed by atoms with Crippen LogP contribution in [0.4, 0.5) is 0 Å². The van der Waals surface area contributed by atoms with Crippen LogP contribution in [0.1, 0.15) is 62.5 Å². The minimum Gasteiger partial charge on any atom is -0.481 e. The van der Waals surface area contributed by atoms with E-state index in [1.807, 2.05) is 12.1 Å². The van der Waals surface area contributed by atoms with Crippen LogP contribution in [0.2, 0.25) is 0 Å². The lowest BCUT2D eigenvalue weighted by atomic mass is 9.53. The second-order valence-electron chi connectivity index (χ2n) is 9.40. The largest absolute Gasteiger partial charge is 0.481 e. The molecule has 0 saturated heterocycles. The molecule has 0 unspecified atom stereocenters. The van der Waals surface area contributed by atoms with Crippen molar-refractivity contribution in [2.45, 2.75) is 69.4 Å². The average Bonchev–Trinajstić information content (AvgIpc) is 2.98. The summed E-state index contributed by atoms with van der Waals surface area (Å²) in [7, 11) is 0. The van der Waals surface area contributed by atoms with Crippen molar-refractivity contribution in [2.24, 2.45) is 23.0 Å². The first-order valence-electron chi connectivity index (χ1n) is 10.7. The quantitative estimate of drug-likeness (QED) is 0.399. The number of carboxylic acids is 1. The van der Waals surface area contributed by atoms with E-state index in [0.717, 1.165) is 32.1 Å². The smallest absolute Gasteiger partial charge is 0.328 e. The zero-order chi connectivity index (χ0) is 21.7. The molecule has 0 amide bonds. The van der Waals surface area contributed by atoms with Crippen LogP contribution < -0.4 is 10.5 Å². The van der Waals surface area contributed by atoms with Gasteiger partial charge in [-0.2, -0.15) is 0 Å². The summed E-state index contributed by atoms with van der Waals surface area (Å²) in [4.78, 5) is 22.8. The van der Waals surface area contributed by atoms with Crippen molar-refractivity contribution in [1.82, 2.24) is 0 Å². The van der Waals surface area contributed by atoms with Gasteiger partial charge in [-0.15, -0.1) is 6.42 Å². The first-order chi connectivity index (χ1) is 14.2. The molecule has 0 aromatic heterocycles. The van der Waals surface area contributed by atoms with E-state index in [9.17, 15) is 14.7 Å². The number of rotatable bonds is 4. The number of carbonyl (C=O) groups excluding carboxylic acids is 1. The highest BCUT2D eigenvalue weighted by Crippen LogP contribution is 2.64. The first-order valence-corrected chi connectivity index (χ1v) is 10.7. The van der Waals surface area contributed by atoms with Crippen molar-refractivity contribution in [3.8, 4) is 18.1 Å². The van der Waals surface area contributed by atoms with Gasteiger partial charge in [0.05, 0.1) is 6.42 Å². The summed E-state index contributed by atoms with van der Waals surface area (Å²) >= 11 is 0. The summed E-state index contributed by atoms with van der Waals surface area (Å²) in [5, 5.41) is 19.8. The van der Waals surface area contributed by atoms with Crippen LogP contribution in [0.5, 0.6) is 5.75 Å². The molecule has 2 fully saturated rings. The fourth-order valence-electron chi connectivity index (χ4n) is 6.34. The number of ether oxygens (including phenoxy) is 1. The fourth-order valence-corrected chi connectivity index (χ4v) is 6.34. The topological polar surface area (TPSA) is 110 Å². The van der Waals surface area contributed by atoms with Crippen molar-refractivity contribution < 1.29 is 24.5 Å². The van der Waals surface area contributed by atoms with Gasteiger partial charge >= 0.3 is 11.9 Å². The van der Waals surface area contributed by atoms with E-state index in [-0.39, 0.29) is 5.41 Å². The Morgan fingerprint density at radius 3 is 2.80 bits per heavy atom. The molecule has 6 heteroatoms. The third-order valence-corrected chi connectivity index (χ3v) is 8.00. The Labute approximate surface area is 176 Å². The molecule has 1 aromatic carbocycles.